The third-order valence-electron chi connectivity index (χ3n) is 4.11. The molecule has 3 aromatic rings. The van der Waals surface area contributed by atoms with Crippen molar-refractivity contribution in [1.29, 1.82) is 0 Å². The first-order valence-corrected chi connectivity index (χ1v) is 9.61. The van der Waals surface area contributed by atoms with E-state index in [2.05, 4.69) is 4.99 Å². The Balaban J connectivity index is 1.92. The van der Waals surface area contributed by atoms with Crippen LogP contribution in [0.15, 0.2) is 94.2 Å². The summed E-state index contributed by atoms with van der Waals surface area (Å²) in [5.74, 6) is -0.315. The molecule has 0 bridgehead atoms. The fourth-order valence-electron chi connectivity index (χ4n) is 2.54. The van der Waals surface area contributed by atoms with Crippen molar-refractivity contribution < 1.29 is 17.6 Å². The first kappa shape index (κ1) is 20.9. The Morgan fingerprint density at radius 3 is 2.17 bits per heavy atom. The lowest BCUT2D eigenvalue weighted by Gasteiger charge is -2.09. The number of hydrogen-bond donors (Lipinski definition) is 0. The van der Waals surface area contributed by atoms with E-state index in [0.29, 0.717) is 11.3 Å². The van der Waals surface area contributed by atoms with Crippen molar-refractivity contribution >= 4 is 23.2 Å². The van der Waals surface area contributed by atoms with E-state index < -0.39 is 11.7 Å². The highest BCUT2D eigenvalue weighted by molar-refractivity contribution is 8.02. The molecule has 0 radical (unpaired) electrons. The van der Waals surface area contributed by atoms with Crippen LogP contribution in [-0.2, 0) is 6.18 Å². The van der Waals surface area contributed by atoms with Crippen LogP contribution in [0, 0.1) is 12.7 Å². The van der Waals surface area contributed by atoms with Crippen molar-refractivity contribution in [3.8, 4) is 0 Å². The number of para-hydroxylation sites is 1. The monoisotopic (exact) mass is 415 g/mol. The summed E-state index contributed by atoms with van der Waals surface area (Å²) in [6.07, 6.45) is -2.65. The van der Waals surface area contributed by atoms with E-state index in [1.807, 2.05) is 31.2 Å². The zero-order valence-corrected chi connectivity index (χ0v) is 16.3. The average Bonchev–Trinajstić information content (AvgIpc) is 2.70. The van der Waals surface area contributed by atoms with Gasteiger partial charge in [0, 0.05) is 10.5 Å². The van der Waals surface area contributed by atoms with E-state index in [1.165, 1.54) is 36.0 Å². The van der Waals surface area contributed by atoms with Gasteiger partial charge in [0.15, 0.2) is 0 Å². The molecule has 0 saturated carbocycles. The normalized spacial score (nSPS) is 12.5. The molecule has 6 heteroatoms. The van der Waals surface area contributed by atoms with Gasteiger partial charge in [0.05, 0.1) is 17.0 Å². The molecular weight excluding hydrogens is 398 g/mol. The van der Waals surface area contributed by atoms with Crippen LogP contribution >= 0.6 is 11.8 Å². The fraction of sp³-hybridized carbons (Fsp3) is 0.0870. The van der Waals surface area contributed by atoms with Crippen molar-refractivity contribution in [2.24, 2.45) is 4.99 Å². The van der Waals surface area contributed by atoms with Gasteiger partial charge in [0.25, 0.3) is 0 Å². The number of allylic oxidation sites excluding steroid dienone is 1. The van der Waals surface area contributed by atoms with Gasteiger partial charge >= 0.3 is 6.18 Å². The fourth-order valence-corrected chi connectivity index (χ4v) is 3.18. The molecule has 0 aliphatic carbocycles. The minimum atomic E-state index is -4.39. The Morgan fingerprint density at radius 2 is 1.55 bits per heavy atom. The smallest absolute Gasteiger partial charge is 0.248 e. The van der Waals surface area contributed by atoms with E-state index in [9.17, 15) is 17.6 Å². The number of benzene rings is 3. The van der Waals surface area contributed by atoms with E-state index >= 15 is 0 Å². The molecule has 3 aromatic carbocycles. The van der Waals surface area contributed by atoms with Crippen LogP contribution in [0.2, 0.25) is 0 Å². The quantitative estimate of drug-likeness (QED) is 0.238. The second-order valence-electron chi connectivity index (χ2n) is 6.23. The highest BCUT2D eigenvalue weighted by Gasteiger charge is 2.30. The summed E-state index contributed by atoms with van der Waals surface area (Å²) in [6, 6.07) is 18.5. The molecule has 0 unspecified atom stereocenters. The van der Waals surface area contributed by atoms with Gasteiger partial charge in [-0.15, -0.1) is 0 Å². The molecule has 0 fully saturated rings. The Morgan fingerprint density at radius 1 is 0.897 bits per heavy atom. The number of halogens is 4. The van der Waals surface area contributed by atoms with Gasteiger partial charge in [-0.25, -0.2) is 9.38 Å². The first-order chi connectivity index (χ1) is 13.8. The Bertz CT molecular complexity index is 1020. The Hall–Kier alpha value is -2.86. The molecule has 0 atom stereocenters. The van der Waals surface area contributed by atoms with Crippen LogP contribution in [0.4, 0.5) is 23.2 Å². The summed E-state index contributed by atoms with van der Waals surface area (Å²) in [4.78, 5) is 5.48. The number of nitrogens with zero attached hydrogens (tertiary/aromatic N) is 1. The second-order valence-corrected chi connectivity index (χ2v) is 7.21. The predicted molar refractivity (Wildman–Crippen MR) is 110 cm³/mol. The van der Waals surface area contributed by atoms with Gasteiger partial charge in [-0.3, -0.25) is 0 Å². The summed E-state index contributed by atoms with van der Waals surface area (Å²) in [5, 5.41) is 1.78. The first-order valence-electron chi connectivity index (χ1n) is 8.74. The van der Waals surface area contributed by atoms with E-state index in [-0.39, 0.29) is 5.82 Å². The van der Waals surface area contributed by atoms with Crippen LogP contribution in [0.1, 0.15) is 16.7 Å². The van der Waals surface area contributed by atoms with Gasteiger partial charge in [0.1, 0.15) is 5.82 Å². The van der Waals surface area contributed by atoms with Crippen LogP contribution in [0.5, 0.6) is 0 Å². The minimum Gasteiger partial charge on any atom is -0.248 e. The molecule has 0 N–H and O–H groups in total. The summed E-state index contributed by atoms with van der Waals surface area (Å²) in [7, 11) is 0. The van der Waals surface area contributed by atoms with Crippen LogP contribution in [0.25, 0.3) is 0 Å². The number of aryl methyl sites for hydroxylation is 1. The maximum absolute atomic E-state index is 13.0. The van der Waals surface area contributed by atoms with Crippen molar-refractivity contribution in [2.45, 2.75) is 18.0 Å². The number of hydrogen-bond acceptors (Lipinski definition) is 2. The number of thioether (sulfide) groups is 1. The molecule has 0 aromatic heterocycles. The summed E-state index contributed by atoms with van der Waals surface area (Å²) < 4.78 is 51.6. The topological polar surface area (TPSA) is 12.4 Å². The lowest BCUT2D eigenvalue weighted by Crippen LogP contribution is -2.05. The summed E-state index contributed by atoms with van der Waals surface area (Å²) in [5.41, 5.74) is 2.08. The zero-order chi connectivity index (χ0) is 20.9. The number of rotatable bonds is 5. The van der Waals surface area contributed by atoms with E-state index in [4.69, 9.17) is 0 Å². The third kappa shape index (κ3) is 5.81. The van der Waals surface area contributed by atoms with Gasteiger partial charge in [-0.1, -0.05) is 42.1 Å². The average molecular weight is 415 g/mol. The third-order valence-corrected chi connectivity index (χ3v) is 4.92. The molecule has 3 rings (SSSR count). The molecule has 0 heterocycles. The van der Waals surface area contributed by atoms with Crippen LogP contribution in [-0.4, -0.2) is 5.71 Å². The van der Waals surface area contributed by atoms with Crippen LogP contribution in [0.3, 0.4) is 0 Å². The van der Waals surface area contributed by atoms with Crippen molar-refractivity contribution in [3.63, 3.8) is 0 Å². The maximum atomic E-state index is 13.0. The lowest BCUT2D eigenvalue weighted by atomic mass is 10.1. The maximum Gasteiger partial charge on any atom is 0.416 e. The molecule has 0 amide bonds. The SMILES string of the molecule is Cc1ccccc1N=C(C=CSc1ccc(F)cc1)c1ccc(C(F)(F)F)cc1. The largest absolute Gasteiger partial charge is 0.416 e. The highest BCUT2D eigenvalue weighted by atomic mass is 32.2. The van der Waals surface area contributed by atoms with Crippen molar-refractivity contribution in [1.82, 2.24) is 0 Å². The second kappa shape index (κ2) is 9.09. The molecule has 0 saturated heterocycles. The number of alkyl halides is 3. The lowest BCUT2D eigenvalue weighted by molar-refractivity contribution is -0.137. The zero-order valence-electron chi connectivity index (χ0n) is 15.5. The highest BCUT2D eigenvalue weighted by Crippen LogP contribution is 2.30. The molecule has 29 heavy (non-hydrogen) atoms. The molecule has 0 aliphatic rings. The Kier molecular flexibility index (Phi) is 6.54. The van der Waals surface area contributed by atoms with Gasteiger partial charge in [-0.05, 0) is 66.4 Å². The van der Waals surface area contributed by atoms with E-state index in [1.54, 1.807) is 23.6 Å². The summed E-state index contributed by atoms with van der Waals surface area (Å²) in [6.45, 7) is 1.92. The van der Waals surface area contributed by atoms with Crippen LogP contribution < -0.4 is 0 Å². The molecule has 0 aliphatic heterocycles. The van der Waals surface area contributed by atoms with Gasteiger partial charge < -0.3 is 0 Å². The Labute approximate surface area is 170 Å². The van der Waals surface area contributed by atoms with Crippen molar-refractivity contribution in [3.05, 3.63) is 107 Å². The van der Waals surface area contributed by atoms with E-state index in [0.717, 1.165) is 28.3 Å². The predicted octanol–water partition coefficient (Wildman–Crippen LogP) is 7.58. The van der Waals surface area contributed by atoms with Gasteiger partial charge in [-0.2, -0.15) is 13.2 Å². The number of aliphatic imine (C=N–C) groups is 1. The van der Waals surface area contributed by atoms with Gasteiger partial charge in [0.2, 0.25) is 0 Å². The standard InChI is InChI=1S/C23H17F4NS/c1-16-4-2-3-5-21(16)28-22(14-15-29-20-12-10-19(24)11-13-20)17-6-8-18(9-7-17)23(25,26)27/h2-15H,1H3. The van der Waals surface area contributed by atoms with Crippen molar-refractivity contribution in [2.75, 3.05) is 0 Å². The minimum absolute atomic E-state index is 0.315. The molecular formula is C23H17F4NS. The molecule has 0 spiro atoms. The molecule has 1 nitrogen and oxygen atoms in total. The summed E-state index contributed by atoms with van der Waals surface area (Å²) >= 11 is 1.37. The molecule has 148 valence electrons.